The van der Waals surface area contributed by atoms with E-state index in [1.54, 1.807) is 6.20 Å². The molecule has 0 bridgehead atoms. The summed E-state index contributed by atoms with van der Waals surface area (Å²) in [6.45, 7) is 6.19. The van der Waals surface area contributed by atoms with E-state index in [1.807, 2.05) is 23.7 Å². The lowest BCUT2D eigenvalue weighted by Crippen LogP contribution is -2.24. The summed E-state index contributed by atoms with van der Waals surface area (Å²) in [5.74, 6) is 0. The molecule has 84 valence electrons. The molecule has 0 saturated heterocycles. The minimum absolute atomic E-state index is 0.318. The maximum atomic E-state index is 5.40. The average molecular weight is 233 g/mol. The largest absolute Gasteiger partial charge is 0.321 e. The van der Waals surface area contributed by atoms with Gasteiger partial charge in [-0.15, -0.1) is 0 Å². The predicted octanol–water partition coefficient (Wildman–Crippen LogP) is 3.03. The van der Waals surface area contributed by atoms with Crippen LogP contribution < -0.4 is 5.43 Å². The number of hydrogen-bond acceptors (Lipinski definition) is 3. The molecule has 0 atom stereocenters. The second-order valence-corrected chi connectivity index (χ2v) is 4.55. The van der Waals surface area contributed by atoms with Crippen LogP contribution in [0.5, 0.6) is 0 Å². The normalized spacial score (nSPS) is 11.0. The minimum Gasteiger partial charge on any atom is -0.321 e. The van der Waals surface area contributed by atoms with Gasteiger partial charge >= 0.3 is 0 Å². The molecule has 2 aromatic heterocycles. The Bertz CT molecular complexity index is 572. The van der Waals surface area contributed by atoms with Gasteiger partial charge in [-0.2, -0.15) is 0 Å². The van der Waals surface area contributed by atoms with Crippen LogP contribution in [0.1, 0.15) is 19.4 Å². The standard InChI is InChI=1S/C12H15N3S/c1-8(2)14-15-11-10(5-4-6-13-11)7-9(3)12(15)16/h4-8,14H,1-3H3. The fourth-order valence-corrected chi connectivity index (χ4v) is 1.85. The van der Waals surface area contributed by atoms with E-state index in [2.05, 4.69) is 30.3 Å². The predicted molar refractivity (Wildman–Crippen MR) is 69.8 cm³/mol. The van der Waals surface area contributed by atoms with Crippen LogP contribution in [-0.4, -0.2) is 15.7 Å². The molecule has 0 radical (unpaired) electrons. The van der Waals surface area contributed by atoms with Gasteiger partial charge in [0.15, 0.2) is 5.65 Å². The summed E-state index contributed by atoms with van der Waals surface area (Å²) in [5.41, 5.74) is 5.27. The van der Waals surface area contributed by atoms with Crippen LogP contribution in [0.3, 0.4) is 0 Å². The maximum absolute atomic E-state index is 5.40. The molecule has 0 spiro atoms. The highest BCUT2D eigenvalue weighted by atomic mass is 32.1. The van der Waals surface area contributed by atoms with Gasteiger partial charge < -0.3 is 5.43 Å². The quantitative estimate of drug-likeness (QED) is 0.809. The van der Waals surface area contributed by atoms with E-state index in [0.717, 1.165) is 21.2 Å². The van der Waals surface area contributed by atoms with Crippen LogP contribution in [0.4, 0.5) is 0 Å². The highest BCUT2D eigenvalue weighted by Crippen LogP contribution is 2.14. The highest BCUT2D eigenvalue weighted by Gasteiger charge is 2.05. The minimum atomic E-state index is 0.318. The molecule has 0 aliphatic heterocycles. The number of fused-ring (bicyclic) bond motifs is 1. The van der Waals surface area contributed by atoms with Crippen LogP contribution >= 0.6 is 12.2 Å². The van der Waals surface area contributed by atoms with E-state index in [0.29, 0.717) is 6.04 Å². The van der Waals surface area contributed by atoms with Crippen molar-refractivity contribution in [1.29, 1.82) is 0 Å². The summed E-state index contributed by atoms with van der Waals surface area (Å²) in [4.78, 5) is 4.37. The first kappa shape index (κ1) is 11.1. The van der Waals surface area contributed by atoms with Gasteiger partial charge in [-0.05, 0) is 44.5 Å². The molecule has 2 rings (SSSR count). The topological polar surface area (TPSA) is 29.9 Å². The van der Waals surface area contributed by atoms with Gasteiger partial charge in [0.1, 0.15) is 4.64 Å². The summed E-state index contributed by atoms with van der Waals surface area (Å²) < 4.78 is 2.69. The molecule has 0 aliphatic rings. The van der Waals surface area contributed by atoms with Crippen molar-refractivity contribution in [2.24, 2.45) is 0 Å². The van der Waals surface area contributed by atoms with E-state index >= 15 is 0 Å². The van der Waals surface area contributed by atoms with E-state index in [1.165, 1.54) is 0 Å². The van der Waals surface area contributed by atoms with Gasteiger partial charge in [-0.3, -0.25) is 0 Å². The van der Waals surface area contributed by atoms with Crippen molar-refractivity contribution < 1.29 is 0 Å². The smallest absolute Gasteiger partial charge is 0.159 e. The van der Waals surface area contributed by atoms with Crippen LogP contribution in [-0.2, 0) is 0 Å². The number of hydrogen-bond donors (Lipinski definition) is 1. The third kappa shape index (κ3) is 1.93. The number of aryl methyl sites for hydroxylation is 1. The molecule has 1 N–H and O–H groups in total. The fraction of sp³-hybridized carbons (Fsp3) is 0.333. The first-order valence-corrected chi connectivity index (χ1v) is 5.74. The fourth-order valence-electron chi connectivity index (χ4n) is 1.65. The molecule has 0 fully saturated rings. The molecular weight excluding hydrogens is 218 g/mol. The number of nitrogens with zero attached hydrogens (tertiary/aromatic N) is 2. The summed E-state index contributed by atoms with van der Waals surface area (Å²) in [5, 5.41) is 1.10. The maximum Gasteiger partial charge on any atom is 0.159 e. The monoisotopic (exact) mass is 233 g/mol. The Labute approximate surface area is 100 Å². The Morgan fingerprint density at radius 2 is 2.19 bits per heavy atom. The van der Waals surface area contributed by atoms with E-state index in [9.17, 15) is 0 Å². The van der Waals surface area contributed by atoms with Gasteiger partial charge in [0.05, 0.1) is 0 Å². The summed E-state index contributed by atoms with van der Waals surface area (Å²) in [7, 11) is 0. The Morgan fingerprint density at radius 3 is 2.88 bits per heavy atom. The van der Waals surface area contributed by atoms with Crippen molar-refractivity contribution in [2.45, 2.75) is 26.8 Å². The zero-order valence-corrected chi connectivity index (χ0v) is 10.5. The van der Waals surface area contributed by atoms with Crippen molar-refractivity contribution in [3.63, 3.8) is 0 Å². The zero-order valence-electron chi connectivity index (χ0n) is 9.69. The summed E-state index contributed by atoms with van der Waals surface area (Å²) in [6, 6.07) is 6.37. The van der Waals surface area contributed by atoms with Gasteiger partial charge in [0, 0.05) is 17.6 Å². The Kier molecular flexibility index (Phi) is 2.92. The second kappa shape index (κ2) is 4.22. The molecule has 3 nitrogen and oxygen atoms in total. The summed E-state index contributed by atoms with van der Waals surface area (Å²) >= 11 is 5.40. The van der Waals surface area contributed by atoms with Crippen molar-refractivity contribution in [2.75, 3.05) is 5.43 Å². The Morgan fingerprint density at radius 1 is 1.44 bits per heavy atom. The Hall–Kier alpha value is -1.42. The van der Waals surface area contributed by atoms with Crippen LogP contribution in [0.2, 0.25) is 0 Å². The van der Waals surface area contributed by atoms with E-state index < -0.39 is 0 Å². The van der Waals surface area contributed by atoms with Gasteiger partial charge in [-0.25, -0.2) is 9.66 Å². The molecule has 4 heteroatoms. The number of pyridine rings is 2. The van der Waals surface area contributed by atoms with Crippen molar-refractivity contribution in [1.82, 2.24) is 9.66 Å². The molecule has 0 amide bonds. The molecular formula is C12H15N3S. The highest BCUT2D eigenvalue weighted by molar-refractivity contribution is 7.71. The van der Waals surface area contributed by atoms with Crippen LogP contribution in [0.25, 0.3) is 11.0 Å². The Balaban J connectivity index is 2.76. The average Bonchev–Trinajstić information content (AvgIpc) is 2.24. The molecule has 0 unspecified atom stereocenters. The number of rotatable bonds is 2. The van der Waals surface area contributed by atoms with Crippen molar-refractivity contribution >= 4 is 23.3 Å². The van der Waals surface area contributed by atoms with Crippen molar-refractivity contribution in [3.05, 3.63) is 34.6 Å². The van der Waals surface area contributed by atoms with Gasteiger partial charge in [0.25, 0.3) is 0 Å². The van der Waals surface area contributed by atoms with E-state index in [4.69, 9.17) is 12.2 Å². The van der Waals surface area contributed by atoms with Gasteiger partial charge in [0.2, 0.25) is 0 Å². The lowest BCUT2D eigenvalue weighted by atomic mass is 10.2. The van der Waals surface area contributed by atoms with Crippen LogP contribution in [0, 0.1) is 11.6 Å². The third-order valence-electron chi connectivity index (χ3n) is 2.33. The molecule has 2 aromatic rings. The van der Waals surface area contributed by atoms with Gasteiger partial charge in [-0.1, -0.05) is 12.2 Å². The summed E-state index contributed by atoms with van der Waals surface area (Å²) in [6.07, 6.45) is 1.78. The first-order valence-electron chi connectivity index (χ1n) is 5.33. The molecule has 16 heavy (non-hydrogen) atoms. The van der Waals surface area contributed by atoms with E-state index in [-0.39, 0.29) is 0 Å². The lowest BCUT2D eigenvalue weighted by Gasteiger charge is -2.16. The first-order chi connectivity index (χ1) is 7.59. The molecule has 0 aromatic carbocycles. The third-order valence-corrected chi connectivity index (χ3v) is 2.83. The molecule has 0 aliphatic carbocycles. The van der Waals surface area contributed by atoms with Crippen molar-refractivity contribution in [3.8, 4) is 0 Å². The number of nitrogens with one attached hydrogen (secondary N) is 1. The SMILES string of the molecule is Cc1cc2cccnc2n(NC(C)C)c1=S. The second-order valence-electron chi connectivity index (χ2n) is 4.17. The lowest BCUT2D eigenvalue weighted by molar-refractivity contribution is 0.737. The number of aromatic nitrogens is 2. The van der Waals surface area contributed by atoms with Crippen LogP contribution in [0.15, 0.2) is 24.4 Å². The zero-order chi connectivity index (χ0) is 11.7. The molecule has 0 saturated carbocycles. The molecule has 2 heterocycles.